The van der Waals surface area contributed by atoms with Crippen LogP contribution in [0, 0.1) is 5.82 Å². The number of hydrogen-bond acceptors (Lipinski definition) is 2. The molecule has 0 fully saturated rings. The lowest BCUT2D eigenvalue weighted by atomic mass is 10.0. The van der Waals surface area contributed by atoms with Gasteiger partial charge in [0.25, 0.3) is 0 Å². The van der Waals surface area contributed by atoms with Crippen LogP contribution in [0.4, 0.5) is 4.39 Å². The van der Waals surface area contributed by atoms with Crippen LogP contribution in [0.3, 0.4) is 0 Å². The molecule has 20 heavy (non-hydrogen) atoms. The van der Waals surface area contributed by atoms with E-state index in [4.69, 9.17) is 23.2 Å². The van der Waals surface area contributed by atoms with E-state index in [0.717, 1.165) is 5.56 Å². The zero-order valence-corrected chi connectivity index (χ0v) is 13.7. The fraction of sp³-hybridized carbons (Fsp3) is 0.214. The smallest absolute Gasteiger partial charge is 0.137 e. The monoisotopic (exact) mass is 376 g/mol. The van der Waals surface area contributed by atoms with Crippen LogP contribution in [-0.4, -0.2) is 12.0 Å². The van der Waals surface area contributed by atoms with Crippen LogP contribution in [0.15, 0.2) is 34.9 Å². The Morgan fingerprint density at radius 3 is 2.80 bits per heavy atom. The average molecular weight is 378 g/mol. The standard InChI is InChI=1S/C14H12BrCl2FN2/c1-19-12(14-10(17)6-9(16)7-20-14)5-8-3-2-4-11(18)13(8)15/h2-4,6-7,12,19H,5H2,1H3. The van der Waals surface area contributed by atoms with Gasteiger partial charge in [0.2, 0.25) is 0 Å². The summed E-state index contributed by atoms with van der Waals surface area (Å²) in [5.74, 6) is -0.285. The number of rotatable bonds is 4. The fourth-order valence-corrected chi connectivity index (χ4v) is 2.88. The van der Waals surface area contributed by atoms with E-state index in [0.29, 0.717) is 26.6 Å². The highest BCUT2D eigenvalue weighted by Gasteiger charge is 2.17. The summed E-state index contributed by atoms with van der Waals surface area (Å²) < 4.78 is 14.0. The first-order valence-electron chi connectivity index (χ1n) is 5.94. The van der Waals surface area contributed by atoms with Crippen molar-refractivity contribution in [3.63, 3.8) is 0 Å². The van der Waals surface area contributed by atoms with Gasteiger partial charge in [-0.2, -0.15) is 0 Å². The van der Waals surface area contributed by atoms with E-state index in [-0.39, 0.29) is 11.9 Å². The van der Waals surface area contributed by atoms with Gasteiger partial charge in [0, 0.05) is 6.20 Å². The highest BCUT2D eigenvalue weighted by molar-refractivity contribution is 9.10. The molecule has 6 heteroatoms. The van der Waals surface area contributed by atoms with E-state index in [1.807, 2.05) is 13.1 Å². The van der Waals surface area contributed by atoms with Gasteiger partial charge in [0.05, 0.1) is 26.3 Å². The molecule has 1 unspecified atom stereocenters. The van der Waals surface area contributed by atoms with Crippen molar-refractivity contribution >= 4 is 39.1 Å². The summed E-state index contributed by atoms with van der Waals surface area (Å²) in [5.41, 5.74) is 1.53. The predicted molar refractivity (Wildman–Crippen MR) is 83.9 cm³/mol. The molecule has 2 rings (SSSR count). The number of likely N-dealkylation sites (N-methyl/N-ethyl adjacent to an activating group) is 1. The molecule has 0 bridgehead atoms. The van der Waals surface area contributed by atoms with E-state index < -0.39 is 0 Å². The number of hydrogen-bond donors (Lipinski definition) is 1. The molecule has 0 saturated carbocycles. The highest BCUT2D eigenvalue weighted by atomic mass is 79.9. The maximum absolute atomic E-state index is 13.5. The zero-order valence-electron chi connectivity index (χ0n) is 10.6. The van der Waals surface area contributed by atoms with Crippen molar-refractivity contribution in [1.29, 1.82) is 0 Å². The third-order valence-corrected chi connectivity index (χ3v) is 4.37. The molecule has 2 aromatic rings. The molecule has 1 aromatic carbocycles. The summed E-state index contributed by atoms with van der Waals surface area (Å²) >= 11 is 15.3. The van der Waals surface area contributed by atoms with Crippen molar-refractivity contribution in [3.05, 3.63) is 62.1 Å². The van der Waals surface area contributed by atoms with Crippen LogP contribution in [0.1, 0.15) is 17.3 Å². The summed E-state index contributed by atoms with van der Waals surface area (Å²) in [5, 5.41) is 4.12. The van der Waals surface area contributed by atoms with E-state index in [1.54, 1.807) is 18.3 Å². The Morgan fingerprint density at radius 2 is 2.15 bits per heavy atom. The van der Waals surface area contributed by atoms with Gasteiger partial charge in [-0.3, -0.25) is 4.98 Å². The first-order chi connectivity index (χ1) is 9.52. The highest BCUT2D eigenvalue weighted by Crippen LogP contribution is 2.29. The van der Waals surface area contributed by atoms with E-state index in [1.165, 1.54) is 6.07 Å². The second kappa shape index (κ2) is 6.85. The van der Waals surface area contributed by atoms with Gasteiger partial charge in [-0.1, -0.05) is 35.3 Å². The van der Waals surface area contributed by atoms with Gasteiger partial charge in [0.1, 0.15) is 5.82 Å². The van der Waals surface area contributed by atoms with Crippen LogP contribution >= 0.6 is 39.1 Å². The van der Waals surface area contributed by atoms with Crippen molar-refractivity contribution in [2.75, 3.05) is 7.05 Å². The van der Waals surface area contributed by atoms with Crippen molar-refractivity contribution in [3.8, 4) is 0 Å². The lowest BCUT2D eigenvalue weighted by molar-refractivity contribution is 0.567. The van der Waals surface area contributed by atoms with E-state index >= 15 is 0 Å². The molecule has 0 radical (unpaired) electrons. The molecule has 106 valence electrons. The number of nitrogens with zero attached hydrogens (tertiary/aromatic N) is 1. The zero-order chi connectivity index (χ0) is 14.7. The van der Waals surface area contributed by atoms with Crippen molar-refractivity contribution in [2.24, 2.45) is 0 Å². The summed E-state index contributed by atoms with van der Waals surface area (Å²) in [6.45, 7) is 0. The van der Waals surface area contributed by atoms with Crippen LogP contribution in [0.25, 0.3) is 0 Å². The van der Waals surface area contributed by atoms with Gasteiger partial charge >= 0.3 is 0 Å². The number of aromatic nitrogens is 1. The second-order valence-electron chi connectivity index (χ2n) is 4.28. The van der Waals surface area contributed by atoms with Crippen LogP contribution in [-0.2, 0) is 6.42 Å². The lowest BCUT2D eigenvalue weighted by Gasteiger charge is -2.18. The Balaban J connectivity index is 2.31. The largest absolute Gasteiger partial charge is 0.311 e. The molecule has 0 amide bonds. The molecule has 0 aliphatic rings. The normalized spacial score (nSPS) is 12.4. The Morgan fingerprint density at radius 1 is 1.40 bits per heavy atom. The molecule has 0 aliphatic heterocycles. The minimum atomic E-state index is -0.285. The minimum Gasteiger partial charge on any atom is -0.311 e. The van der Waals surface area contributed by atoms with Crippen LogP contribution < -0.4 is 5.32 Å². The molecule has 2 nitrogen and oxygen atoms in total. The molecule has 0 saturated heterocycles. The fourth-order valence-electron chi connectivity index (χ4n) is 1.94. The third kappa shape index (κ3) is 3.50. The minimum absolute atomic E-state index is 0.127. The second-order valence-corrected chi connectivity index (χ2v) is 5.92. The van der Waals surface area contributed by atoms with Crippen molar-refractivity contribution in [2.45, 2.75) is 12.5 Å². The first-order valence-corrected chi connectivity index (χ1v) is 7.49. The number of benzene rings is 1. The van der Waals surface area contributed by atoms with E-state index in [9.17, 15) is 4.39 Å². The Kier molecular flexibility index (Phi) is 5.38. The third-order valence-electron chi connectivity index (χ3n) is 2.97. The lowest BCUT2D eigenvalue weighted by Crippen LogP contribution is -2.20. The summed E-state index contributed by atoms with van der Waals surface area (Å²) in [4.78, 5) is 4.26. The van der Waals surface area contributed by atoms with Gasteiger partial charge in [-0.05, 0) is 47.1 Å². The van der Waals surface area contributed by atoms with Gasteiger partial charge in [-0.25, -0.2) is 4.39 Å². The van der Waals surface area contributed by atoms with Gasteiger partial charge in [0.15, 0.2) is 0 Å². The Hall–Kier alpha value is -0.680. The maximum atomic E-state index is 13.5. The summed E-state index contributed by atoms with van der Waals surface area (Å²) in [6, 6.07) is 6.48. The molecule has 1 heterocycles. The molecular formula is C14H12BrCl2FN2. The van der Waals surface area contributed by atoms with Crippen molar-refractivity contribution in [1.82, 2.24) is 10.3 Å². The first kappa shape index (κ1) is 15.7. The van der Waals surface area contributed by atoms with E-state index in [2.05, 4.69) is 26.2 Å². The Labute approximate surface area is 135 Å². The van der Waals surface area contributed by atoms with Crippen molar-refractivity contribution < 1.29 is 4.39 Å². The number of pyridine rings is 1. The summed E-state index contributed by atoms with van der Waals surface area (Å²) in [6.07, 6.45) is 2.11. The molecule has 1 N–H and O–H groups in total. The summed E-state index contributed by atoms with van der Waals surface area (Å²) in [7, 11) is 1.81. The van der Waals surface area contributed by atoms with Gasteiger partial charge < -0.3 is 5.32 Å². The number of nitrogens with one attached hydrogen (secondary N) is 1. The Bertz CT molecular complexity index is 622. The quantitative estimate of drug-likeness (QED) is 0.828. The van der Waals surface area contributed by atoms with Crippen LogP contribution in [0.5, 0.6) is 0 Å². The molecule has 0 aliphatic carbocycles. The molecule has 0 spiro atoms. The van der Waals surface area contributed by atoms with Gasteiger partial charge in [-0.15, -0.1) is 0 Å². The topological polar surface area (TPSA) is 24.9 Å². The number of halogens is 4. The molecule has 1 aromatic heterocycles. The molecule has 1 atom stereocenters. The average Bonchev–Trinajstić information content (AvgIpc) is 2.41. The maximum Gasteiger partial charge on any atom is 0.137 e. The predicted octanol–water partition coefficient (Wildman–Crippen LogP) is 4.79. The SMILES string of the molecule is CNC(Cc1cccc(F)c1Br)c1ncc(Cl)cc1Cl. The molecular weight excluding hydrogens is 366 g/mol. The van der Waals surface area contributed by atoms with Crippen LogP contribution in [0.2, 0.25) is 10.0 Å².